The molecule has 11 aromatic rings. The minimum absolute atomic E-state index is 0.0980. The molecule has 1 aliphatic carbocycles. The summed E-state index contributed by atoms with van der Waals surface area (Å²) in [6, 6.07) is 71.4. The van der Waals surface area contributed by atoms with Crippen LogP contribution >= 0.6 is 0 Å². The minimum atomic E-state index is -0.304. The number of aromatic nitrogens is 1. The van der Waals surface area contributed by atoms with Crippen molar-refractivity contribution in [2.75, 3.05) is 9.80 Å². The first kappa shape index (κ1) is 34.0. The van der Waals surface area contributed by atoms with E-state index in [1.807, 2.05) is 0 Å². The Morgan fingerprint density at radius 3 is 1.98 bits per heavy atom. The highest BCUT2D eigenvalue weighted by Gasteiger charge is 2.49. The average molecular weight is 792 g/mol. The first-order valence-electron chi connectivity index (χ1n) is 21.6. The van der Waals surface area contributed by atoms with E-state index >= 15 is 0 Å². The fourth-order valence-corrected chi connectivity index (χ4v) is 11.6. The Balaban J connectivity index is 1.18. The maximum absolute atomic E-state index is 7.00. The highest BCUT2D eigenvalue weighted by molar-refractivity contribution is 6.90. The van der Waals surface area contributed by atoms with Crippen molar-refractivity contribution in [3.63, 3.8) is 0 Å². The van der Waals surface area contributed by atoms with Crippen LogP contribution in [0.4, 0.5) is 34.1 Å². The summed E-state index contributed by atoms with van der Waals surface area (Å²) in [7, 11) is 0. The van der Waals surface area contributed by atoms with E-state index in [0.29, 0.717) is 0 Å². The molecule has 0 saturated carbocycles. The van der Waals surface area contributed by atoms with E-state index in [1.165, 1.54) is 71.8 Å². The summed E-state index contributed by atoms with van der Waals surface area (Å²) in [6.07, 6.45) is 0. The van der Waals surface area contributed by atoms with Crippen LogP contribution in [0.3, 0.4) is 0 Å². The molecule has 14 rings (SSSR count). The second-order valence-electron chi connectivity index (χ2n) is 17.6. The lowest BCUT2D eigenvalue weighted by Gasteiger charge is -2.43. The van der Waals surface area contributed by atoms with Crippen LogP contribution in [0, 0.1) is 0 Å². The Morgan fingerprint density at radius 1 is 0.500 bits per heavy atom. The molecule has 290 valence electrons. The van der Waals surface area contributed by atoms with Gasteiger partial charge in [0, 0.05) is 72.0 Å². The van der Waals surface area contributed by atoms with Gasteiger partial charge in [0.1, 0.15) is 5.58 Å². The second kappa shape index (κ2) is 12.2. The Hall–Kier alpha value is -7.76. The molecule has 0 spiro atoms. The van der Waals surface area contributed by atoms with Gasteiger partial charge in [0.2, 0.25) is 0 Å². The zero-order chi connectivity index (χ0) is 40.8. The molecule has 4 nitrogen and oxygen atoms in total. The Labute approximate surface area is 359 Å². The molecule has 0 fully saturated rings. The molecule has 9 aromatic carbocycles. The van der Waals surface area contributed by atoms with Gasteiger partial charge in [-0.2, -0.15) is 0 Å². The number of anilines is 6. The molecule has 0 saturated heterocycles. The van der Waals surface area contributed by atoms with Gasteiger partial charge < -0.3 is 18.7 Å². The fourth-order valence-electron chi connectivity index (χ4n) is 11.6. The third kappa shape index (κ3) is 4.32. The van der Waals surface area contributed by atoms with Gasteiger partial charge in [-0.3, -0.25) is 0 Å². The summed E-state index contributed by atoms with van der Waals surface area (Å²) in [5, 5.41) is 4.80. The van der Waals surface area contributed by atoms with Crippen LogP contribution in [0.5, 0.6) is 0 Å². The zero-order valence-corrected chi connectivity index (χ0v) is 34.3. The molecular formula is C57H38BN3O. The lowest BCUT2D eigenvalue weighted by Crippen LogP contribution is -2.57. The van der Waals surface area contributed by atoms with E-state index in [0.717, 1.165) is 50.4 Å². The molecular weight excluding hydrogens is 753 g/mol. The van der Waals surface area contributed by atoms with E-state index in [2.05, 4.69) is 222 Å². The predicted octanol–water partition coefficient (Wildman–Crippen LogP) is 13.9. The Kier molecular flexibility index (Phi) is 6.68. The summed E-state index contributed by atoms with van der Waals surface area (Å²) < 4.78 is 9.67. The minimum Gasteiger partial charge on any atom is -0.454 e. The first-order valence-corrected chi connectivity index (χ1v) is 21.6. The van der Waals surface area contributed by atoms with E-state index < -0.39 is 0 Å². The van der Waals surface area contributed by atoms with Crippen LogP contribution in [0.2, 0.25) is 0 Å². The van der Waals surface area contributed by atoms with E-state index in [9.17, 15) is 0 Å². The average Bonchev–Trinajstić information content (AvgIpc) is 3.94. The highest BCUT2D eigenvalue weighted by atomic mass is 16.3. The quantitative estimate of drug-likeness (QED) is 0.166. The number of nitrogens with zero attached hydrogens (tertiary/aromatic N) is 3. The van der Waals surface area contributed by atoms with Crippen LogP contribution in [0.1, 0.15) is 25.0 Å². The molecule has 0 amide bonds. The number of para-hydroxylation sites is 6. The number of furan rings is 1. The van der Waals surface area contributed by atoms with Gasteiger partial charge in [-0.15, -0.1) is 0 Å². The number of hydrogen-bond donors (Lipinski definition) is 0. The lowest BCUT2D eigenvalue weighted by atomic mass is 9.44. The predicted molar refractivity (Wildman–Crippen MR) is 260 cm³/mol. The topological polar surface area (TPSA) is 24.6 Å². The number of fused-ring (bicyclic) bond motifs is 14. The van der Waals surface area contributed by atoms with E-state index in [4.69, 9.17) is 4.42 Å². The fraction of sp³-hybridized carbons (Fsp3) is 0.0526. The molecule has 0 bridgehead atoms. The van der Waals surface area contributed by atoms with Crippen molar-refractivity contribution in [2.45, 2.75) is 19.3 Å². The van der Waals surface area contributed by atoms with Crippen molar-refractivity contribution in [1.29, 1.82) is 0 Å². The zero-order valence-electron chi connectivity index (χ0n) is 34.3. The van der Waals surface area contributed by atoms with Crippen molar-refractivity contribution in [3.8, 4) is 22.3 Å². The monoisotopic (exact) mass is 791 g/mol. The third-order valence-corrected chi connectivity index (χ3v) is 14.1. The smallest absolute Gasteiger partial charge is 0.333 e. The van der Waals surface area contributed by atoms with Gasteiger partial charge in [-0.1, -0.05) is 147 Å². The standard InChI is InChI=1S/C57H38BN3O/c1-57(2)46-27-12-9-21-38(46)44-34-45-42-25-15-24-41-39-22-10-13-28-48(39)61(54(41)42)58-47-32-31-37(59(35-17-5-3-6-18-35)36-19-7-4-8-20-36)33-50(47)60(55(52(44)57)53(45)58)49-29-16-26-43-40-23-11-14-30-51(40)62-56(43)49/h3-34H,1-2H3. The first-order chi connectivity index (χ1) is 30.6. The molecule has 0 unspecified atom stereocenters. The third-order valence-electron chi connectivity index (χ3n) is 14.1. The van der Waals surface area contributed by atoms with Crippen molar-refractivity contribution in [3.05, 3.63) is 205 Å². The van der Waals surface area contributed by atoms with E-state index in [1.54, 1.807) is 0 Å². The second-order valence-corrected chi connectivity index (χ2v) is 17.6. The molecule has 0 radical (unpaired) electrons. The van der Waals surface area contributed by atoms with Gasteiger partial charge in [-0.25, -0.2) is 0 Å². The summed E-state index contributed by atoms with van der Waals surface area (Å²) >= 11 is 0. The lowest BCUT2D eigenvalue weighted by molar-refractivity contribution is 0.659. The van der Waals surface area contributed by atoms with Crippen molar-refractivity contribution >= 4 is 95.6 Å². The maximum Gasteiger partial charge on any atom is 0.333 e. The van der Waals surface area contributed by atoms with Crippen LogP contribution in [-0.2, 0) is 5.41 Å². The van der Waals surface area contributed by atoms with Gasteiger partial charge in [0.25, 0.3) is 0 Å². The number of benzene rings is 9. The summed E-state index contributed by atoms with van der Waals surface area (Å²) in [6.45, 7) is 4.75. The SMILES string of the molecule is CC1(C)c2ccccc2-c2cc3c4c(c21)N(c1cccc2c1oc1ccccc12)c1cc(N(c2ccccc2)c2ccccc2)ccc1B4n1c2ccccc2c2cccc-3c21. The van der Waals surface area contributed by atoms with Crippen LogP contribution in [0.15, 0.2) is 199 Å². The Bertz CT molecular complexity index is 3660. The van der Waals surface area contributed by atoms with Crippen molar-refractivity contribution < 1.29 is 4.42 Å². The molecule has 2 aromatic heterocycles. The Morgan fingerprint density at radius 2 is 1.16 bits per heavy atom. The maximum atomic E-state index is 7.00. The largest absolute Gasteiger partial charge is 0.454 e. The summed E-state index contributed by atoms with van der Waals surface area (Å²) in [5.74, 6) is 0. The number of rotatable bonds is 4. The molecule has 62 heavy (non-hydrogen) atoms. The molecule has 0 N–H and O–H groups in total. The van der Waals surface area contributed by atoms with Crippen LogP contribution in [0.25, 0.3) is 66.0 Å². The van der Waals surface area contributed by atoms with Crippen molar-refractivity contribution in [2.24, 2.45) is 0 Å². The van der Waals surface area contributed by atoms with Crippen LogP contribution < -0.4 is 20.7 Å². The van der Waals surface area contributed by atoms with Crippen molar-refractivity contribution in [1.82, 2.24) is 4.48 Å². The van der Waals surface area contributed by atoms with Gasteiger partial charge in [0.05, 0.1) is 5.69 Å². The van der Waals surface area contributed by atoms with E-state index in [-0.39, 0.29) is 12.3 Å². The molecule has 4 heterocycles. The molecule has 5 heteroatoms. The van der Waals surface area contributed by atoms with Gasteiger partial charge in [0.15, 0.2) is 5.58 Å². The molecule has 2 aliphatic heterocycles. The molecule has 3 aliphatic rings. The van der Waals surface area contributed by atoms with Gasteiger partial charge in [-0.05, 0) is 99.4 Å². The van der Waals surface area contributed by atoms with Gasteiger partial charge >= 0.3 is 6.85 Å². The van der Waals surface area contributed by atoms with Crippen LogP contribution in [-0.4, -0.2) is 11.3 Å². The molecule has 0 atom stereocenters. The number of hydrogen-bond acceptors (Lipinski definition) is 3. The summed E-state index contributed by atoms with van der Waals surface area (Å²) in [5.41, 5.74) is 21.2. The normalized spacial score (nSPS) is 14.0. The summed E-state index contributed by atoms with van der Waals surface area (Å²) in [4.78, 5) is 4.98. The highest BCUT2D eigenvalue weighted by Crippen LogP contribution is 2.58.